The lowest BCUT2D eigenvalue weighted by Gasteiger charge is -2.24. The summed E-state index contributed by atoms with van der Waals surface area (Å²) in [6, 6.07) is 0.0587. The Bertz CT molecular complexity index is 318. The molecule has 1 fully saturated rings. The summed E-state index contributed by atoms with van der Waals surface area (Å²) in [7, 11) is 0. The molecule has 1 aromatic heterocycles. The van der Waals surface area contributed by atoms with Gasteiger partial charge in [-0.15, -0.1) is 0 Å². The molecule has 4 nitrogen and oxygen atoms in total. The topological polar surface area (TPSA) is 53.1 Å². The smallest absolute Gasteiger partial charge is 0.0593 e. The third-order valence-electron chi connectivity index (χ3n) is 3.20. The molecular weight excluding hydrogens is 202 g/mol. The highest BCUT2D eigenvalue weighted by atomic mass is 16.5. The first-order chi connectivity index (χ1) is 7.79. The molecule has 0 aliphatic carbocycles. The van der Waals surface area contributed by atoms with E-state index in [0.717, 1.165) is 31.6 Å². The Morgan fingerprint density at radius 1 is 1.62 bits per heavy atom. The number of aryl methyl sites for hydroxylation is 1. The Hall–Kier alpha value is -0.870. The van der Waals surface area contributed by atoms with Crippen molar-refractivity contribution in [1.82, 2.24) is 9.78 Å². The van der Waals surface area contributed by atoms with Crippen LogP contribution >= 0.6 is 0 Å². The minimum atomic E-state index is 0.0587. The van der Waals surface area contributed by atoms with Gasteiger partial charge in [-0.25, -0.2) is 0 Å². The zero-order chi connectivity index (χ0) is 11.4. The molecular formula is C12H21N3O. The van der Waals surface area contributed by atoms with Crippen LogP contribution in [-0.2, 0) is 11.3 Å². The molecule has 16 heavy (non-hydrogen) atoms. The number of rotatable bonds is 4. The van der Waals surface area contributed by atoms with E-state index in [-0.39, 0.29) is 6.04 Å². The van der Waals surface area contributed by atoms with Gasteiger partial charge in [0.25, 0.3) is 0 Å². The number of aromatic nitrogens is 2. The van der Waals surface area contributed by atoms with Crippen molar-refractivity contribution in [2.75, 3.05) is 6.61 Å². The van der Waals surface area contributed by atoms with Crippen LogP contribution in [0.5, 0.6) is 0 Å². The number of nitrogens with zero attached hydrogens (tertiary/aromatic N) is 2. The first-order valence-electron chi connectivity index (χ1n) is 6.19. The average molecular weight is 223 g/mol. The third-order valence-corrected chi connectivity index (χ3v) is 3.20. The van der Waals surface area contributed by atoms with Gasteiger partial charge in [-0.1, -0.05) is 0 Å². The van der Waals surface area contributed by atoms with Crippen LogP contribution in [0.2, 0.25) is 0 Å². The first kappa shape index (κ1) is 11.6. The van der Waals surface area contributed by atoms with E-state index in [0.29, 0.717) is 6.10 Å². The lowest BCUT2D eigenvalue weighted by Crippen LogP contribution is -2.24. The molecule has 2 atom stereocenters. The van der Waals surface area contributed by atoms with Gasteiger partial charge in [0.2, 0.25) is 0 Å². The minimum Gasteiger partial charge on any atom is -0.378 e. The van der Waals surface area contributed by atoms with E-state index in [4.69, 9.17) is 10.5 Å². The van der Waals surface area contributed by atoms with Crippen LogP contribution in [0.3, 0.4) is 0 Å². The van der Waals surface area contributed by atoms with Gasteiger partial charge < -0.3 is 10.5 Å². The summed E-state index contributed by atoms with van der Waals surface area (Å²) in [5.41, 5.74) is 7.28. The van der Waals surface area contributed by atoms with Gasteiger partial charge >= 0.3 is 0 Å². The van der Waals surface area contributed by atoms with E-state index in [1.54, 1.807) is 0 Å². The maximum atomic E-state index is 6.16. The summed E-state index contributed by atoms with van der Waals surface area (Å²) in [4.78, 5) is 0. The highest BCUT2D eigenvalue weighted by molar-refractivity contribution is 5.09. The molecule has 0 bridgehead atoms. The molecule has 1 aromatic rings. The van der Waals surface area contributed by atoms with Crippen LogP contribution in [-0.4, -0.2) is 22.5 Å². The van der Waals surface area contributed by atoms with Crippen molar-refractivity contribution < 1.29 is 4.74 Å². The number of ether oxygens (including phenoxy) is 1. The Morgan fingerprint density at radius 3 is 3.12 bits per heavy atom. The fourth-order valence-corrected chi connectivity index (χ4v) is 2.16. The number of hydrogen-bond acceptors (Lipinski definition) is 3. The SMILES string of the molecule is CCn1cc(C(N)CC2CCCCO2)cn1. The van der Waals surface area contributed by atoms with Gasteiger partial charge in [0.05, 0.1) is 12.3 Å². The van der Waals surface area contributed by atoms with E-state index >= 15 is 0 Å². The van der Waals surface area contributed by atoms with Gasteiger partial charge in [0.15, 0.2) is 0 Å². The second-order valence-corrected chi connectivity index (χ2v) is 4.46. The van der Waals surface area contributed by atoms with Gasteiger partial charge in [0.1, 0.15) is 0 Å². The highest BCUT2D eigenvalue weighted by Gasteiger charge is 2.19. The molecule has 2 unspecified atom stereocenters. The summed E-state index contributed by atoms with van der Waals surface area (Å²) in [6.07, 6.45) is 8.77. The van der Waals surface area contributed by atoms with Crippen molar-refractivity contribution in [2.45, 2.75) is 51.3 Å². The Kier molecular flexibility index (Phi) is 3.96. The molecule has 90 valence electrons. The molecule has 2 heterocycles. The maximum absolute atomic E-state index is 6.16. The molecule has 0 spiro atoms. The van der Waals surface area contributed by atoms with E-state index in [1.807, 2.05) is 17.1 Å². The van der Waals surface area contributed by atoms with E-state index in [9.17, 15) is 0 Å². The summed E-state index contributed by atoms with van der Waals surface area (Å²) in [5.74, 6) is 0. The van der Waals surface area contributed by atoms with Gasteiger partial charge in [-0.05, 0) is 32.6 Å². The molecule has 0 saturated carbocycles. The van der Waals surface area contributed by atoms with Gasteiger partial charge in [0, 0.05) is 31.0 Å². The zero-order valence-electron chi connectivity index (χ0n) is 9.93. The van der Waals surface area contributed by atoms with Crippen molar-refractivity contribution in [1.29, 1.82) is 0 Å². The van der Waals surface area contributed by atoms with Crippen LogP contribution in [0.1, 0.15) is 44.2 Å². The van der Waals surface area contributed by atoms with Crippen LogP contribution < -0.4 is 5.73 Å². The van der Waals surface area contributed by atoms with Crippen molar-refractivity contribution in [3.05, 3.63) is 18.0 Å². The first-order valence-corrected chi connectivity index (χ1v) is 6.19. The summed E-state index contributed by atoms with van der Waals surface area (Å²) in [5, 5.41) is 4.24. The van der Waals surface area contributed by atoms with Gasteiger partial charge in [-0.3, -0.25) is 4.68 Å². The fourth-order valence-electron chi connectivity index (χ4n) is 2.16. The van der Waals surface area contributed by atoms with E-state index < -0.39 is 0 Å². The minimum absolute atomic E-state index is 0.0587. The molecule has 0 aromatic carbocycles. The summed E-state index contributed by atoms with van der Waals surface area (Å²) in [6.45, 7) is 3.87. The molecule has 1 saturated heterocycles. The largest absolute Gasteiger partial charge is 0.378 e. The van der Waals surface area contributed by atoms with Crippen LogP contribution in [0.25, 0.3) is 0 Å². The molecule has 2 N–H and O–H groups in total. The van der Waals surface area contributed by atoms with E-state index in [2.05, 4.69) is 12.0 Å². The Labute approximate surface area is 96.8 Å². The quantitative estimate of drug-likeness (QED) is 0.847. The lowest BCUT2D eigenvalue weighted by molar-refractivity contribution is 0.00729. The van der Waals surface area contributed by atoms with E-state index in [1.165, 1.54) is 12.8 Å². The van der Waals surface area contributed by atoms with Crippen molar-refractivity contribution in [2.24, 2.45) is 5.73 Å². The summed E-state index contributed by atoms with van der Waals surface area (Å²) >= 11 is 0. The normalized spacial score (nSPS) is 23.2. The Morgan fingerprint density at radius 2 is 2.50 bits per heavy atom. The second kappa shape index (κ2) is 5.46. The average Bonchev–Trinajstić information content (AvgIpc) is 2.79. The number of nitrogens with two attached hydrogens (primary N) is 1. The molecule has 0 amide bonds. The van der Waals surface area contributed by atoms with Crippen LogP contribution in [0.4, 0.5) is 0 Å². The van der Waals surface area contributed by atoms with Gasteiger partial charge in [-0.2, -0.15) is 5.10 Å². The van der Waals surface area contributed by atoms with Crippen molar-refractivity contribution in [3.63, 3.8) is 0 Å². The van der Waals surface area contributed by atoms with Crippen LogP contribution in [0, 0.1) is 0 Å². The van der Waals surface area contributed by atoms with Crippen LogP contribution in [0.15, 0.2) is 12.4 Å². The standard InChI is InChI=1S/C12H21N3O/c1-2-15-9-10(8-14-15)12(13)7-11-5-3-4-6-16-11/h8-9,11-12H,2-7,13H2,1H3. The molecule has 1 aliphatic rings. The fraction of sp³-hybridized carbons (Fsp3) is 0.750. The molecule has 0 radical (unpaired) electrons. The van der Waals surface area contributed by atoms with Crippen molar-refractivity contribution in [3.8, 4) is 0 Å². The molecule has 2 rings (SSSR count). The molecule has 1 aliphatic heterocycles. The monoisotopic (exact) mass is 223 g/mol. The molecule has 4 heteroatoms. The third kappa shape index (κ3) is 2.83. The second-order valence-electron chi connectivity index (χ2n) is 4.46. The Balaban J connectivity index is 1.88. The highest BCUT2D eigenvalue weighted by Crippen LogP contribution is 2.22. The van der Waals surface area contributed by atoms with Crippen molar-refractivity contribution >= 4 is 0 Å². The maximum Gasteiger partial charge on any atom is 0.0593 e. The summed E-state index contributed by atoms with van der Waals surface area (Å²) < 4.78 is 7.61. The predicted octanol–water partition coefficient (Wildman–Crippen LogP) is 1.86. The predicted molar refractivity (Wildman–Crippen MR) is 63.0 cm³/mol. The zero-order valence-corrected chi connectivity index (χ0v) is 9.93. The number of hydrogen-bond donors (Lipinski definition) is 1. The lowest BCUT2D eigenvalue weighted by atomic mass is 9.99.